The van der Waals surface area contributed by atoms with Gasteiger partial charge < -0.3 is 10.2 Å². The van der Waals surface area contributed by atoms with E-state index in [2.05, 4.69) is 10.2 Å². The second-order valence-corrected chi connectivity index (χ2v) is 6.03. The summed E-state index contributed by atoms with van der Waals surface area (Å²) in [4.78, 5) is 17.7. The number of hydrogen-bond acceptors (Lipinski definition) is 4. The molecule has 1 N–H and O–H groups in total. The smallest absolute Gasteiger partial charge is 0.227 e. The molecule has 0 aliphatic carbocycles. The molecule has 0 radical (unpaired) electrons. The highest BCUT2D eigenvalue weighted by Gasteiger charge is 2.34. The Balaban J connectivity index is 1.45. The molecule has 4 nitrogen and oxygen atoms in total. The zero-order valence-corrected chi connectivity index (χ0v) is 11.3. The Morgan fingerprint density at radius 1 is 1.39 bits per heavy atom. The molecule has 0 atom stereocenters. The van der Waals surface area contributed by atoms with Gasteiger partial charge >= 0.3 is 0 Å². The zero-order chi connectivity index (χ0) is 12.4. The van der Waals surface area contributed by atoms with Gasteiger partial charge in [0.2, 0.25) is 5.91 Å². The lowest BCUT2D eigenvalue weighted by Crippen LogP contribution is -2.64. The van der Waals surface area contributed by atoms with Crippen molar-refractivity contribution in [2.75, 3.05) is 39.3 Å². The minimum absolute atomic E-state index is 0.281. The van der Waals surface area contributed by atoms with Gasteiger partial charge in [-0.2, -0.15) is 0 Å². The standard InChI is InChI=1S/C13H19N3OS/c17-13(8-12-2-1-7-18-12)16-9-11(10-16)15-5-3-14-4-6-15/h1-2,7,11,14H,3-6,8-10H2. The van der Waals surface area contributed by atoms with Crippen molar-refractivity contribution in [3.8, 4) is 0 Å². The molecule has 1 amide bonds. The van der Waals surface area contributed by atoms with E-state index in [9.17, 15) is 4.79 Å². The molecule has 2 aliphatic rings. The largest absolute Gasteiger partial charge is 0.339 e. The van der Waals surface area contributed by atoms with Crippen LogP contribution in [-0.4, -0.2) is 61.0 Å². The Labute approximate surface area is 112 Å². The number of piperazine rings is 1. The number of nitrogens with zero attached hydrogens (tertiary/aromatic N) is 2. The van der Waals surface area contributed by atoms with Crippen LogP contribution in [0.4, 0.5) is 0 Å². The van der Waals surface area contributed by atoms with E-state index in [-0.39, 0.29) is 5.91 Å². The molecule has 2 fully saturated rings. The van der Waals surface area contributed by atoms with Gasteiger partial charge in [-0.1, -0.05) is 6.07 Å². The SMILES string of the molecule is O=C(Cc1cccs1)N1CC(N2CCNCC2)C1. The second kappa shape index (κ2) is 5.38. The normalized spacial score (nSPS) is 21.9. The van der Waals surface area contributed by atoms with Gasteiger partial charge in [0, 0.05) is 50.2 Å². The number of rotatable bonds is 3. The fourth-order valence-corrected chi connectivity index (χ4v) is 3.31. The predicted molar refractivity (Wildman–Crippen MR) is 72.8 cm³/mol. The summed E-state index contributed by atoms with van der Waals surface area (Å²) < 4.78 is 0. The number of hydrogen-bond donors (Lipinski definition) is 1. The van der Waals surface area contributed by atoms with Crippen LogP contribution in [0.5, 0.6) is 0 Å². The van der Waals surface area contributed by atoms with E-state index < -0.39 is 0 Å². The first kappa shape index (κ1) is 12.1. The van der Waals surface area contributed by atoms with Gasteiger partial charge in [-0.15, -0.1) is 11.3 Å². The molecule has 0 aromatic carbocycles. The van der Waals surface area contributed by atoms with Crippen molar-refractivity contribution in [3.05, 3.63) is 22.4 Å². The van der Waals surface area contributed by atoms with Gasteiger partial charge in [0.05, 0.1) is 6.42 Å². The van der Waals surface area contributed by atoms with Gasteiger partial charge in [-0.05, 0) is 11.4 Å². The van der Waals surface area contributed by atoms with E-state index in [1.807, 2.05) is 22.4 Å². The molecule has 0 saturated carbocycles. The van der Waals surface area contributed by atoms with Crippen molar-refractivity contribution in [3.63, 3.8) is 0 Å². The number of carbonyl (C=O) groups is 1. The van der Waals surface area contributed by atoms with Crippen LogP contribution in [-0.2, 0) is 11.2 Å². The molecular weight excluding hydrogens is 246 g/mol. The van der Waals surface area contributed by atoms with Gasteiger partial charge in [0.15, 0.2) is 0 Å². The van der Waals surface area contributed by atoms with Crippen LogP contribution in [0.3, 0.4) is 0 Å². The molecule has 2 aliphatic heterocycles. The van der Waals surface area contributed by atoms with Gasteiger partial charge in [0.25, 0.3) is 0 Å². The Morgan fingerprint density at radius 2 is 2.17 bits per heavy atom. The minimum Gasteiger partial charge on any atom is -0.339 e. The number of nitrogens with one attached hydrogen (secondary N) is 1. The first-order valence-corrected chi connectivity index (χ1v) is 7.46. The lowest BCUT2D eigenvalue weighted by molar-refractivity contribution is -0.138. The summed E-state index contributed by atoms with van der Waals surface area (Å²) in [5.74, 6) is 0.281. The van der Waals surface area contributed by atoms with Crippen LogP contribution in [0.25, 0.3) is 0 Å². The Morgan fingerprint density at radius 3 is 2.83 bits per heavy atom. The molecule has 18 heavy (non-hydrogen) atoms. The predicted octanol–water partition coefficient (Wildman–Crippen LogP) is 0.407. The van der Waals surface area contributed by atoms with Crippen molar-refractivity contribution >= 4 is 17.2 Å². The van der Waals surface area contributed by atoms with Crippen LogP contribution in [0.2, 0.25) is 0 Å². The third-order valence-electron chi connectivity index (χ3n) is 3.79. The van der Waals surface area contributed by atoms with Crippen LogP contribution in [0.1, 0.15) is 4.88 Å². The molecule has 3 rings (SSSR count). The lowest BCUT2D eigenvalue weighted by atomic mass is 10.1. The molecule has 0 unspecified atom stereocenters. The van der Waals surface area contributed by atoms with Gasteiger partial charge in [0.1, 0.15) is 0 Å². The summed E-state index contributed by atoms with van der Waals surface area (Å²) in [5.41, 5.74) is 0. The number of amides is 1. The highest BCUT2D eigenvalue weighted by Crippen LogP contribution is 2.18. The average Bonchev–Trinajstić information content (AvgIpc) is 2.81. The molecule has 2 saturated heterocycles. The molecular formula is C13H19N3OS. The molecule has 98 valence electrons. The fourth-order valence-electron chi connectivity index (χ4n) is 2.61. The molecule has 0 spiro atoms. The molecule has 5 heteroatoms. The van der Waals surface area contributed by atoms with Gasteiger partial charge in [-0.3, -0.25) is 9.69 Å². The van der Waals surface area contributed by atoms with Crippen LogP contribution >= 0.6 is 11.3 Å². The van der Waals surface area contributed by atoms with Crippen molar-refractivity contribution in [2.45, 2.75) is 12.5 Å². The summed E-state index contributed by atoms with van der Waals surface area (Å²) in [5, 5.41) is 5.39. The van der Waals surface area contributed by atoms with Crippen LogP contribution < -0.4 is 5.32 Å². The summed E-state index contributed by atoms with van der Waals surface area (Å²) in [7, 11) is 0. The molecule has 3 heterocycles. The van der Waals surface area contributed by atoms with Crippen molar-refractivity contribution in [2.24, 2.45) is 0 Å². The zero-order valence-electron chi connectivity index (χ0n) is 10.5. The van der Waals surface area contributed by atoms with Crippen LogP contribution in [0.15, 0.2) is 17.5 Å². The quantitative estimate of drug-likeness (QED) is 0.860. The Bertz CT molecular complexity index is 394. The molecule has 1 aromatic heterocycles. The summed E-state index contributed by atoms with van der Waals surface area (Å²) >= 11 is 1.67. The van der Waals surface area contributed by atoms with E-state index >= 15 is 0 Å². The maximum Gasteiger partial charge on any atom is 0.227 e. The summed E-state index contributed by atoms with van der Waals surface area (Å²) in [6.45, 7) is 6.25. The molecule has 1 aromatic rings. The number of thiophene rings is 1. The third-order valence-corrected chi connectivity index (χ3v) is 4.66. The van der Waals surface area contributed by atoms with Gasteiger partial charge in [-0.25, -0.2) is 0 Å². The first-order chi connectivity index (χ1) is 8.83. The van der Waals surface area contributed by atoms with E-state index in [1.54, 1.807) is 11.3 Å². The second-order valence-electron chi connectivity index (χ2n) is 4.99. The average molecular weight is 265 g/mol. The molecule has 0 bridgehead atoms. The Kier molecular flexibility index (Phi) is 3.63. The summed E-state index contributed by atoms with van der Waals surface area (Å²) in [6, 6.07) is 4.64. The Hall–Kier alpha value is -0.910. The van der Waals surface area contributed by atoms with Crippen molar-refractivity contribution in [1.82, 2.24) is 15.1 Å². The number of likely N-dealkylation sites (tertiary alicyclic amines) is 1. The highest BCUT2D eigenvalue weighted by atomic mass is 32.1. The van der Waals surface area contributed by atoms with E-state index in [4.69, 9.17) is 0 Å². The number of carbonyl (C=O) groups excluding carboxylic acids is 1. The monoisotopic (exact) mass is 265 g/mol. The van der Waals surface area contributed by atoms with Crippen molar-refractivity contribution < 1.29 is 4.79 Å². The highest BCUT2D eigenvalue weighted by molar-refractivity contribution is 7.10. The van der Waals surface area contributed by atoms with E-state index in [0.29, 0.717) is 12.5 Å². The third kappa shape index (κ3) is 2.58. The fraction of sp³-hybridized carbons (Fsp3) is 0.615. The topological polar surface area (TPSA) is 35.6 Å². The minimum atomic E-state index is 0.281. The summed E-state index contributed by atoms with van der Waals surface area (Å²) in [6.07, 6.45) is 0.575. The van der Waals surface area contributed by atoms with Crippen LogP contribution in [0, 0.1) is 0 Å². The maximum atomic E-state index is 12.0. The van der Waals surface area contributed by atoms with E-state index in [0.717, 1.165) is 39.3 Å². The first-order valence-electron chi connectivity index (χ1n) is 6.58. The van der Waals surface area contributed by atoms with Crippen molar-refractivity contribution in [1.29, 1.82) is 0 Å². The maximum absolute atomic E-state index is 12.0. The lowest BCUT2D eigenvalue weighted by Gasteiger charge is -2.46. The van der Waals surface area contributed by atoms with E-state index in [1.165, 1.54) is 4.88 Å².